The van der Waals surface area contributed by atoms with Gasteiger partial charge in [-0.15, -0.1) is 5.10 Å². The molecule has 0 saturated carbocycles. The molecule has 7 heteroatoms. The van der Waals surface area contributed by atoms with E-state index >= 15 is 0 Å². The molecule has 3 rings (SSSR count). The summed E-state index contributed by atoms with van der Waals surface area (Å²) in [4.78, 5) is 23.9. The minimum absolute atomic E-state index is 0.0390. The van der Waals surface area contributed by atoms with E-state index in [9.17, 15) is 9.59 Å². The molecule has 3 aromatic rings. The summed E-state index contributed by atoms with van der Waals surface area (Å²) in [6.45, 7) is 6.58. The van der Waals surface area contributed by atoms with Gasteiger partial charge in [-0.05, 0) is 34.8 Å². The minimum atomic E-state index is -0.629. The molecule has 0 aliphatic heterocycles. The molecule has 2 aromatic carbocycles. The third kappa shape index (κ3) is 6.92. The molecule has 160 valence electrons. The third-order valence-electron chi connectivity index (χ3n) is 4.51. The van der Waals surface area contributed by atoms with Crippen molar-refractivity contribution in [3.63, 3.8) is 0 Å². The van der Waals surface area contributed by atoms with Crippen molar-refractivity contribution in [3.8, 4) is 0 Å². The number of hydrogen-bond acceptors (Lipinski definition) is 5. The Morgan fingerprint density at radius 1 is 1.06 bits per heavy atom. The van der Waals surface area contributed by atoms with Crippen LogP contribution in [0.1, 0.15) is 37.6 Å². The monoisotopic (exact) mass is 418 g/mol. The maximum atomic E-state index is 12.0. The van der Waals surface area contributed by atoms with Crippen LogP contribution < -0.4 is 5.32 Å². The van der Waals surface area contributed by atoms with Crippen molar-refractivity contribution < 1.29 is 14.3 Å². The number of benzene rings is 2. The lowest BCUT2D eigenvalue weighted by Crippen LogP contribution is -2.20. The molecule has 1 aromatic heterocycles. The zero-order valence-electron chi connectivity index (χ0n) is 17.9. The minimum Gasteiger partial charge on any atom is -0.452 e. The summed E-state index contributed by atoms with van der Waals surface area (Å²) in [5, 5.41) is 10.7. The molecule has 0 radical (unpaired) electrons. The molecule has 1 amide bonds. The number of carbonyl (C=O) groups excluding carboxylic acids is 2. The summed E-state index contributed by atoms with van der Waals surface area (Å²) in [6.07, 6.45) is 4.45. The van der Waals surface area contributed by atoms with Gasteiger partial charge in [0.1, 0.15) is 5.69 Å². The number of ether oxygens (including phenoxy) is 1. The average Bonchev–Trinajstić information content (AvgIpc) is 3.18. The molecule has 0 aliphatic rings. The first kappa shape index (κ1) is 22.0. The number of aromatic nitrogens is 3. The van der Waals surface area contributed by atoms with Gasteiger partial charge in [0.05, 0.1) is 12.7 Å². The fourth-order valence-electron chi connectivity index (χ4n) is 2.83. The van der Waals surface area contributed by atoms with Crippen LogP contribution in [0.4, 0.5) is 5.69 Å². The Hall–Kier alpha value is -3.74. The highest BCUT2D eigenvalue weighted by Crippen LogP contribution is 2.23. The lowest BCUT2D eigenvalue weighted by atomic mass is 9.87. The summed E-state index contributed by atoms with van der Waals surface area (Å²) >= 11 is 0. The van der Waals surface area contributed by atoms with Gasteiger partial charge in [-0.25, -0.2) is 9.48 Å². The van der Waals surface area contributed by atoms with Crippen molar-refractivity contribution in [2.45, 2.75) is 32.7 Å². The normalized spacial score (nSPS) is 11.5. The highest BCUT2D eigenvalue weighted by Gasteiger charge is 2.13. The van der Waals surface area contributed by atoms with Gasteiger partial charge in [0.15, 0.2) is 6.61 Å². The van der Waals surface area contributed by atoms with Crippen molar-refractivity contribution in [2.24, 2.45) is 0 Å². The molecule has 0 fully saturated rings. The number of carbonyl (C=O) groups is 2. The number of rotatable bonds is 7. The SMILES string of the molecule is CC(C)(C)c1ccc(NC(=O)COC(=O)/C=C/c2cn(Cc3ccccc3)nn2)cc1. The van der Waals surface area contributed by atoms with Crippen LogP contribution in [0, 0.1) is 0 Å². The molecule has 0 unspecified atom stereocenters. The Balaban J connectivity index is 1.44. The lowest BCUT2D eigenvalue weighted by Gasteiger charge is -2.19. The van der Waals surface area contributed by atoms with Gasteiger partial charge < -0.3 is 10.1 Å². The Kier molecular flexibility index (Phi) is 6.97. The second-order valence-electron chi connectivity index (χ2n) is 8.14. The Bertz CT molecular complexity index is 1050. The first-order valence-corrected chi connectivity index (χ1v) is 9.99. The second kappa shape index (κ2) is 9.84. The highest BCUT2D eigenvalue weighted by atomic mass is 16.5. The molecule has 7 nitrogen and oxygen atoms in total. The van der Waals surface area contributed by atoms with Crippen molar-refractivity contribution >= 4 is 23.6 Å². The maximum absolute atomic E-state index is 12.0. The van der Waals surface area contributed by atoms with Crippen LogP contribution in [0.3, 0.4) is 0 Å². The molecule has 31 heavy (non-hydrogen) atoms. The fourth-order valence-corrected chi connectivity index (χ4v) is 2.83. The first-order chi connectivity index (χ1) is 14.8. The van der Waals surface area contributed by atoms with E-state index in [-0.39, 0.29) is 12.0 Å². The van der Waals surface area contributed by atoms with E-state index in [0.29, 0.717) is 17.9 Å². The Labute approximate surface area is 181 Å². The van der Waals surface area contributed by atoms with Crippen LogP contribution in [-0.4, -0.2) is 33.5 Å². The van der Waals surface area contributed by atoms with Gasteiger partial charge >= 0.3 is 5.97 Å². The van der Waals surface area contributed by atoms with Gasteiger partial charge in [-0.2, -0.15) is 0 Å². The quantitative estimate of drug-likeness (QED) is 0.466. The number of esters is 1. The summed E-state index contributed by atoms with van der Waals surface area (Å²) < 4.78 is 6.66. The molecular weight excluding hydrogens is 392 g/mol. The maximum Gasteiger partial charge on any atom is 0.331 e. The van der Waals surface area contributed by atoms with Crippen LogP contribution in [-0.2, 0) is 26.3 Å². The van der Waals surface area contributed by atoms with Crippen LogP contribution >= 0.6 is 0 Å². The van der Waals surface area contributed by atoms with E-state index < -0.39 is 11.9 Å². The Morgan fingerprint density at radius 2 is 1.77 bits per heavy atom. The first-order valence-electron chi connectivity index (χ1n) is 9.99. The fraction of sp³-hybridized carbons (Fsp3) is 0.250. The molecular formula is C24H26N4O3. The summed E-state index contributed by atoms with van der Waals surface area (Å²) in [6, 6.07) is 17.5. The van der Waals surface area contributed by atoms with Gasteiger partial charge in [0.2, 0.25) is 0 Å². The zero-order chi connectivity index (χ0) is 22.3. The van der Waals surface area contributed by atoms with E-state index in [1.54, 1.807) is 10.9 Å². The van der Waals surface area contributed by atoms with Crippen molar-refractivity contribution in [1.29, 1.82) is 0 Å². The molecule has 0 aliphatic carbocycles. The third-order valence-corrected chi connectivity index (χ3v) is 4.51. The van der Waals surface area contributed by atoms with E-state index in [2.05, 4.69) is 36.4 Å². The molecule has 0 bridgehead atoms. The van der Waals surface area contributed by atoms with Gasteiger partial charge in [0.25, 0.3) is 5.91 Å². The predicted molar refractivity (Wildman–Crippen MR) is 119 cm³/mol. The molecule has 0 atom stereocenters. The number of anilines is 1. The smallest absolute Gasteiger partial charge is 0.331 e. The van der Waals surface area contributed by atoms with Gasteiger partial charge in [-0.1, -0.05) is 68.4 Å². The van der Waals surface area contributed by atoms with Crippen molar-refractivity contribution in [1.82, 2.24) is 15.0 Å². The lowest BCUT2D eigenvalue weighted by molar-refractivity contribution is -0.142. The highest BCUT2D eigenvalue weighted by molar-refractivity contribution is 5.94. The van der Waals surface area contributed by atoms with Crippen LogP contribution in [0.2, 0.25) is 0 Å². The molecule has 1 N–H and O–H groups in total. The summed E-state index contributed by atoms with van der Waals surface area (Å²) in [5.74, 6) is -1.03. The van der Waals surface area contributed by atoms with E-state index in [0.717, 1.165) is 5.56 Å². The summed E-state index contributed by atoms with van der Waals surface area (Å²) in [7, 11) is 0. The number of amides is 1. The summed E-state index contributed by atoms with van der Waals surface area (Å²) in [5.41, 5.74) is 3.48. The van der Waals surface area contributed by atoms with E-state index in [1.807, 2.05) is 54.6 Å². The second-order valence-corrected chi connectivity index (χ2v) is 8.14. The molecule has 1 heterocycles. The van der Waals surface area contributed by atoms with Crippen LogP contribution in [0.25, 0.3) is 6.08 Å². The molecule has 0 saturated heterocycles. The number of hydrogen-bond donors (Lipinski definition) is 1. The standard InChI is InChI=1S/C24H26N4O3/c1-24(2,3)19-9-11-20(12-10-19)25-22(29)17-31-23(30)14-13-21-16-28(27-26-21)15-18-7-5-4-6-8-18/h4-14,16H,15,17H2,1-3H3,(H,25,29)/b14-13+. The van der Waals surface area contributed by atoms with Gasteiger partial charge in [-0.3, -0.25) is 4.79 Å². The van der Waals surface area contributed by atoms with Crippen molar-refractivity contribution in [2.75, 3.05) is 11.9 Å². The van der Waals surface area contributed by atoms with Crippen LogP contribution in [0.5, 0.6) is 0 Å². The number of nitrogens with zero attached hydrogens (tertiary/aromatic N) is 3. The van der Waals surface area contributed by atoms with Crippen molar-refractivity contribution in [3.05, 3.63) is 83.7 Å². The predicted octanol–water partition coefficient (Wildman–Crippen LogP) is 3.82. The average molecular weight is 418 g/mol. The van der Waals surface area contributed by atoms with E-state index in [1.165, 1.54) is 17.7 Å². The van der Waals surface area contributed by atoms with Gasteiger partial charge in [0, 0.05) is 11.8 Å². The largest absolute Gasteiger partial charge is 0.452 e. The van der Waals surface area contributed by atoms with Crippen LogP contribution in [0.15, 0.2) is 66.9 Å². The zero-order valence-corrected chi connectivity index (χ0v) is 17.9. The topological polar surface area (TPSA) is 86.1 Å². The number of nitrogens with one attached hydrogen (secondary N) is 1. The Morgan fingerprint density at radius 3 is 2.45 bits per heavy atom. The molecule has 0 spiro atoms. The van der Waals surface area contributed by atoms with E-state index in [4.69, 9.17) is 4.74 Å².